The van der Waals surface area contributed by atoms with Crippen molar-refractivity contribution in [3.05, 3.63) is 93.5 Å². The number of halogens is 2. The Hall–Kier alpha value is -3.48. The molecule has 1 amide bonds. The number of aliphatic hydroxyl groups is 1. The van der Waals surface area contributed by atoms with Gasteiger partial charge in [0.15, 0.2) is 0 Å². The molecule has 1 aliphatic rings. The second-order valence-corrected chi connectivity index (χ2v) is 8.09. The fourth-order valence-corrected chi connectivity index (χ4v) is 4.21. The molecule has 3 aromatic carbocycles. The van der Waals surface area contributed by atoms with Gasteiger partial charge in [0.1, 0.15) is 17.3 Å². The van der Waals surface area contributed by atoms with Crippen molar-refractivity contribution >= 4 is 46.3 Å². The third-order valence-corrected chi connectivity index (χ3v) is 5.94. The average molecular weight is 484 g/mol. The summed E-state index contributed by atoms with van der Waals surface area (Å²) in [5.41, 5.74) is 1.19. The van der Waals surface area contributed by atoms with Crippen LogP contribution in [0.1, 0.15) is 17.2 Å². The van der Waals surface area contributed by atoms with Crippen molar-refractivity contribution in [3.63, 3.8) is 0 Å². The van der Waals surface area contributed by atoms with Crippen molar-refractivity contribution in [2.24, 2.45) is 0 Å². The smallest absolute Gasteiger partial charge is 0.300 e. The number of benzene rings is 3. The van der Waals surface area contributed by atoms with Crippen LogP contribution in [0, 0.1) is 0 Å². The Balaban J connectivity index is 1.97. The van der Waals surface area contributed by atoms with Crippen LogP contribution in [0.25, 0.3) is 5.76 Å². The number of hydrogen-bond donors (Lipinski definition) is 1. The van der Waals surface area contributed by atoms with E-state index in [9.17, 15) is 14.7 Å². The van der Waals surface area contributed by atoms with Gasteiger partial charge in [-0.3, -0.25) is 14.5 Å². The van der Waals surface area contributed by atoms with E-state index < -0.39 is 23.5 Å². The zero-order valence-electron chi connectivity index (χ0n) is 17.7. The van der Waals surface area contributed by atoms with Crippen LogP contribution in [0.4, 0.5) is 5.69 Å². The number of carbonyl (C=O) groups excluding carboxylic acids is 2. The number of aliphatic hydroxyl groups excluding tert-OH is 1. The lowest BCUT2D eigenvalue weighted by molar-refractivity contribution is -0.132. The summed E-state index contributed by atoms with van der Waals surface area (Å²) in [6.07, 6.45) is 0. The first kappa shape index (κ1) is 22.7. The van der Waals surface area contributed by atoms with Crippen LogP contribution < -0.4 is 14.4 Å². The predicted molar refractivity (Wildman–Crippen MR) is 127 cm³/mol. The highest BCUT2D eigenvalue weighted by molar-refractivity contribution is 6.51. The predicted octanol–water partition coefficient (Wildman–Crippen LogP) is 5.64. The average Bonchev–Trinajstić information content (AvgIpc) is 3.10. The minimum Gasteiger partial charge on any atom is -0.507 e. The number of carbonyl (C=O) groups is 2. The van der Waals surface area contributed by atoms with Crippen molar-refractivity contribution in [2.75, 3.05) is 19.1 Å². The highest BCUT2D eigenvalue weighted by atomic mass is 35.5. The van der Waals surface area contributed by atoms with E-state index in [2.05, 4.69) is 0 Å². The van der Waals surface area contributed by atoms with Gasteiger partial charge in [0.2, 0.25) is 0 Å². The van der Waals surface area contributed by atoms with Crippen molar-refractivity contribution in [3.8, 4) is 11.5 Å². The van der Waals surface area contributed by atoms with Crippen molar-refractivity contribution in [2.45, 2.75) is 6.04 Å². The SMILES string of the molecule is COc1cc(OC)c(/C(O)=C2\C(=O)C(=O)N(c3ccc(Cl)cc3)C2c2ccccc2)cc1Cl. The maximum atomic E-state index is 13.2. The molecule has 3 aromatic rings. The van der Waals surface area contributed by atoms with Crippen LogP contribution in [0.5, 0.6) is 11.5 Å². The Bertz CT molecular complexity index is 1260. The highest BCUT2D eigenvalue weighted by Gasteiger charge is 2.47. The maximum Gasteiger partial charge on any atom is 0.300 e. The molecule has 0 aliphatic carbocycles. The van der Waals surface area contributed by atoms with Crippen LogP contribution in [0.15, 0.2) is 72.3 Å². The molecular formula is C25H19Cl2NO5. The topological polar surface area (TPSA) is 76.1 Å². The summed E-state index contributed by atoms with van der Waals surface area (Å²) in [4.78, 5) is 27.7. The Morgan fingerprint density at radius 1 is 0.909 bits per heavy atom. The zero-order chi connectivity index (χ0) is 23.7. The van der Waals surface area contributed by atoms with Crippen LogP contribution in [-0.4, -0.2) is 31.0 Å². The molecule has 6 nitrogen and oxygen atoms in total. The Morgan fingerprint density at radius 3 is 2.15 bits per heavy atom. The van der Waals surface area contributed by atoms with Crippen LogP contribution in [-0.2, 0) is 9.59 Å². The van der Waals surface area contributed by atoms with Crippen molar-refractivity contribution in [1.29, 1.82) is 0 Å². The second-order valence-electron chi connectivity index (χ2n) is 7.24. The summed E-state index contributed by atoms with van der Waals surface area (Å²) in [6, 6.07) is 17.6. The summed E-state index contributed by atoms with van der Waals surface area (Å²) in [5, 5.41) is 12.0. The van der Waals surface area contributed by atoms with Gasteiger partial charge in [0.25, 0.3) is 11.7 Å². The lowest BCUT2D eigenvalue weighted by atomic mass is 9.95. The lowest BCUT2D eigenvalue weighted by Crippen LogP contribution is -2.29. The Kier molecular flexibility index (Phi) is 6.31. The molecule has 0 bridgehead atoms. The molecule has 0 aromatic heterocycles. The molecule has 168 valence electrons. The number of anilines is 1. The van der Waals surface area contributed by atoms with Gasteiger partial charge in [0.05, 0.1) is 36.4 Å². The van der Waals surface area contributed by atoms with E-state index in [0.717, 1.165) is 0 Å². The van der Waals surface area contributed by atoms with E-state index in [4.69, 9.17) is 32.7 Å². The number of methoxy groups -OCH3 is 2. The first-order valence-corrected chi connectivity index (χ1v) is 10.7. The minimum atomic E-state index is -0.877. The molecule has 1 saturated heterocycles. The molecule has 33 heavy (non-hydrogen) atoms. The van der Waals surface area contributed by atoms with E-state index in [1.165, 1.54) is 31.3 Å². The molecule has 1 aliphatic heterocycles. The number of rotatable bonds is 5. The fraction of sp³-hybridized carbons (Fsp3) is 0.120. The normalized spacial score (nSPS) is 17.3. The van der Waals surface area contributed by atoms with Gasteiger partial charge in [-0.25, -0.2) is 0 Å². The van der Waals surface area contributed by atoms with Gasteiger partial charge in [-0.05, 0) is 35.9 Å². The third kappa shape index (κ3) is 4.03. The van der Waals surface area contributed by atoms with Gasteiger partial charge >= 0.3 is 0 Å². The van der Waals surface area contributed by atoms with E-state index in [0.29, 0.717) is 22.0 Å². The summed E-state index contributed by atoms with van der Waals surface area (Å²) < 4.78 is 10.6. The molecular weight excluding hydrogens is 465 g/mol. The van der Waals surface area contributed by atoms with Crippen LogP contribution in [0.3, 0.4) is 0 Å². The largest absolute Gasteiger partial charge is 0.507 e. The number of amides is 1. The molecule has 0 saturated carbocycles. The Labute approximate surface area is 200 Å². The van der Waals surface area contributed by atoms with Crippen LogP contribution >= 0.6 is 23.2 Å². The number of hydrogen-bond acceptors (Lipinski definition) is 5. The summed E-state index contributed by atoms with van der Waals surface area (Å²) in [5.74, 6) is -1.43. The molecule has 0 radical (unpaired) electrons. The molecule has 4 rings (SSSR count). The number of ketones is 1. The van der Waals surface area contributed by atoms with Gasteiger partial charge in [-0.1, -0.05) is 53.5 Å². The Morgan fingerprint density at radius 2 is 1.55 bits per heavy atom. The van der Waals surface area contributed by atoms with E-state index in [1.54, 1.807) is 48.5 Å². The summed E-state index contributed by atoms with van der Waals surface area (Å²) >= 11 is 12.3. The third-order valence-electron chi connectivity index (χ3n) is 5.39. The minimum absolute atomic E-state index is 0.0827. The first-order valence-electron chi connectivity index (χ1n) is 9.90. The molecule has 8 heteroatoms. The number of nitrogens with zero attached hydrogens (tertiary/aromatic N) is 1. The first-order chi connectivity index (χ1) is 15.9. The van der Waals surface area contributed by atoms with E-state index in [1.807, 2.05) is 6.07 Å². The highest BCUT2D eigenvalue weighted by Crippen LogP contribution is 2.44. The van der Waals surface area contributed by atoms with Crippen molar-refractivity contribution < 1.29 is 24.2 Å². The van der Waals surface area contributed by atoms with Gasteiger partial charge in [-0.2, -0.15) is 0 Å². The molecule has 1 atom stereocenters. The second kappa shape index (κ2) is 9.17. The fourth-order valence-electron chi connectivity index (χ4n) is 3.84. The molecule has 1 heterocycles. The lowest BCUT2D eigenvalue weighted by Gasteiger charge is -2.25. The molecule has 1 fully saturated rings. The van der Waals surface area contributed by atoms with Crippen LogP contribution in [0.2, 0.25) is 10.0 Å². The van der Waals surface area contributed by atoms with Gasteiger partial charge in [-0.15, -0.1) is 0 Å². The molecule has 1 N–H and O–H groups in total. The summed E-state index contributed by atoms with van der Waals surface area (Å²) in [7, 11) is 2.87. The van der Waals surface area contributed by atoms with Gasteiger partial charge < -0.3 is 14.6 Å². The zero-order valence-corrected chi connectivity index (χ0v) is 19.2. The summed E-state index contributed by atoms with van der Waals surface area (Å²) in [6.45, 7) is 0. The standard InChI is InChI=1S/C25H19Cl2NO5/c1-32-19-13-20(33-2)18(27)12-17(19)23(29)21-22(14-6-4-3-5-7-14)28(25(31)24(21)30)16-10-8-15(26)9-11-16/h3-13,22,29H,1-2H3/b23-21+. The van der Waals surface area contributed by atoms with Crippen molar-refractivity contribution in [1.82, 2.24) is 0 Å². The monoisotopic (exact) mass is 483 g/mol. The quantitative estimate of drug-likeness (QED) is 0.288. The number of Topliss-reactive ketones (excluding diaryl/α,β-unsaturated/α-hetero) is 1. The molecule has 0 spiro atoms. The van der Waals surface area contributed by atoms with E-state index in [-0.39, 0.29) is 21.9 Å². The van der Waals surface area contributed by atoms with Gasteiger partial charge in [0, 0.05) is 16.8 Å². The number of ether oxygens (including phenoxy) is 2. The molecule has 1 unspecified atom stereocenters. The maximum absolute atomic E-state index is 13.2. The van der Waals surface area contributed by atoms with E-state index >= 15 is 0 Å².